The fraction of sp³-hybridized carbons (Fsp3) is 0.462. The van der Waals surface area contributed by atoms with Crippen molar-refractivity contribution < 1.29 is 4.79 Å². The van der Waals surface area contributed by atoms with E-state index in [4.69, 9.17) is 5.84 Å². The lowest BCUT2D eigenvalue weighted by atomic mass is 10.1. The number of anilines is 1. The number of nitrogen functional groups attached to an aromatic ring is 1. The van der Waals surface area contributed by atoms with Crippen LogP contribution in [0.5, 0.6) is 0 Å². The largest absolute Gasteiger partial charge is 0.352 e. The zero-order valence-electron chi connectivity index (χ0n) is 10.3. The van der Waals surface area contributed by atoms with E-state index >= 15 is 0 Å². The first kappa shape index (κ1) is 11.9. The first-order valence-electron chi connectivity index (χ1n) is 5.97. The van der Waals surface area contributed by atoms with Crippen molar-refractivity contribution in [3.63, 3.8) is 0 Å². The molecule has 0 spiro atoms. The molecule has 1 aliphatic carbocycles. The van der Waals surface area contributed by atoms with Gasteiger partial charge in [0.25, 0.3) is 5.91 Å². The molecule has 4 heteroatoms. The third kappa shape index (κ3) is 2.77. The summed E-state index contributed by atoms with van der Waals surface area (Å²) in [4.78, 5) is 11.9. The summed E-state index contributed by atoms with van der Waals surface area (Å²) in [5.74, 6) is 6.76. The van der Waals surface area contributed by atoms with Crippen LogP contribution in [0.15, 0.2) is 18.2 Å². The minimum Gasteiger partial charge on any atom is -0.352 e. The van der Waals surface area contributed by atoms with Crippen molar-refractivity contribution in [2.75, 3.05) is 12.0 Å². The van der Waals surface area contributed by atoms with Gasteiger partial charge in [0.1, 0.15) is 0 Å². The third-order valence-corrected chi connectivity index (χ3v) is 3.44. The van der Waals surface area contributed by atoms with Crippen LogP contribution < -0.4 is 16.6 Å². The number of nitrogens with one attached hydrogen (secondary N) is 2. The molecule has 2 rings (SSSR count). The topological polar surface area (TPSA) is 67.1 Å². The second kappa shape index (κ2) is 4.75. The lowest BCUT2D eigenvalue weighted by Crippen LogP contribution is -2.26. The zero-order valence-corrected chi connectivity index (χ0v) is 10.3. The minimum atomic E-state index is 0.00479. The molecule has 0 saturated heterocycles. The molecule has 1 fully saturated rings. The summed E-state index contributed by atoms with van der Waals surface area (Å²) in [6, 6.07) is 5.48. The van der Waals surface area contributed by atoms with Gasteiger partial charge in [0, 0.05) is 17.8 Å². The molecule has 2 atom stereocenters. The van der Waals surface area contributed by atoms with Gasteiger partial charge in [-0.2, -0.15) is 0 Å². The highest BCUT2D eigenvalue weighted by Crippen LogP contribution is 2.36. The molecule has 1 saturated carbocycles. The number of rotatable bonds is 4. The minimum absolute atomic E-state index is 0.00479. The van der Waals surface area contributed by atoms with Crippen molar-refractivity contribution in [1.82, 2.24) is 5.32 Å². The second-order valence-electron chi connectivity index (χ2n) is 4.86. The third-order valence-electron chi connectivity index (χ3n) is 3.44. The highest BCUT2D eigenvalue weighted by Gasteiger charge is 2.32. The van der Waals surface area contributed by atoms with Gasteiger partial charge in [0.15, 0.2) is 0 Å². The van der Waals surface area contributed by atoms with Gasteiger partial charge in [0.2, 0.25) is 0 Å². The highest BCUT2D eigenvalue weighted by molar-refractivity contribution is 5.96. The number of hydrazine groups is 1. The number of amides is 1. The summed E-state index contributed by atoms with van der Waals surface area (Å²) in [5.41, 5.74) is 5.03. The van der Waals surface area contributed by atoms with Gasteiger partial charge in [-0.15, -0.1) is 0 Å². The van der Waals surface area contributed by atoms with Gasteiger partial charge in [0.05, 0.1) is 0 Å². The lowest BCUT2D eigenvalue weighted by molar-refractivity contribution is 0.0951. The molecule has 0 heterocycles. The van der Waals surface area contributed by atoms with Gasteiger partial charge in [-0.05, 0) is 48.9 Å². The number of carbonyl (C=O) groups is 1. The SMILES string of the molecule is Cc1cc(NN)ccc1C(=O)NCC1CC1C. The van der Waals surface area contributed by atoms with Crippen LogP contribution in [-0.4, -0.2) is 12.5 Å². The van der Waals surface area contributed by atoms with E-state index in [-0.39, 0.29) is 5.91 Å². The van der Waals surface area contributed by atoms with Crippen LogP contribution in [0.4, 0.5) is 5.69 Å². The molecule has 1 aliphatic rings. The molecule has 1 aromatic carbocycles. The number of hydrogen-bond acceptors (Lipinski definition) is 3. The maximum Gasteiger partial charge on any atom is 0.251 e. The summed E-state index contributed by atoms with van der Waals surface area (Å²) < 4.78 is 0. The Bertz CT molecular complexity index is 431. The quantitative estimate of drug-likeness (QED) is 0.547. The molecule has 0 aromatic heterocycles. The number of hydrogen-bond donors (Lipinski definition) is 3. The first-order chi connectivity index (χ1) is 8.11. The van der Waals surface area contributed by atoms with Crippen LogP contribution in [-0.2, 0) is 0 Å². The van der Waals surface area contributed by atoms with Crippen molar-refractivity contribution in [2.45, 2.75) is 20.3 Å². The normalized spacial score (nSPS) is 22.1. The molecule has 1 aromatic rings. The summed E-state index contributed by atoms with van der Waals surface area (Å²) in [5, 5.41) is 2.98. The number of carbonyl (C=O) groups excluding carboxylic acids is 1. The Kier molecular flexibility index (Phi) is 3.33. The lowest BCUT2D eigenvalue weighted by Gasteiger charge is -2.09. The Balaban J connectivity index is 1.98. The maximum atomic E-state index is 11.9. The standard InChI is InChI=1S/C13H19N3O/c1-8-5-10(8)7-15-13(17)12-4-3-11(16-14)6-9(12)2/h3-4,6,8,10,16H,5,7,14H2,1-2H3,(H,15,17). The molecule has 92 valence electrons. The molecule has 0 aliphatic heterocycles. The van der Waals surface area contributed by atoms with Crippen molar-refractivity contribution in [3.05, 3.63) is 29.3 Å². The molecular weight excluding hydrogens is 214 g/mol. The van der Waals surface area contributed by atoms with E-state index in [2.05, 4.69) is 17.7 Å². The number of nitrogens with two attached hydrogens (primary N) is 1. The molecular formula is C13H19N3O. The van der Waals surface area contributed by atoms with Crippen LogP contribution in [0, 0.1) is 18.8 Å². The smallest absolute Gasteiger partial charge is 0.251 e. The van der Waals surface area contributed by atoms with Gasteiger partial charge in [-0.25, -0.2) is 0 Å². The molecule has 4 N–H and O–H groups in total. The monoisotopic (exact) mass is 233 g/mol. The van der Waals surface area contributed by atoms with E-state index in [0.717, 1.165) is 29.3 Å². The fourth-order valence-corrected chi connectivity index (χ4v) is 2.01. The van der Waals surface area contributed by atoms with Crippen molar-refractivity contribution in [1.29, 1.82) is 0 Å². The molecule has 0 radical (unpaired) electrons. The Hall–Kier alpha value is -1.55. The predicted molar refractivity (Wildman–Crippen MR) is 68.6 cm³/mol. The average Bonchev–Trinajstić information content (AvgIpc) is 3.02. The summed E-state index contributed by atoms with van der Waals surface area (Å²) in [6.07, 6.45) is 1.23. The fourth-order valence-electron chi connectivity index (χ4n) is 2.01. The Morgan fingerprint density at radius 2 is 2.24 bits per heavy atom. The Morgan fingerprint density at radius 1 is 1.53 bits per heavy atom. The number of benzene rings is 1. The second-order valence-corrected chi connectivity index (χ2v) is 4.86. The van der Waals surface area contributed by atoms with Crippen LogP contribution in [0.1, 0.15) is 29.3 Å². The number of aryl methyl sites for hydroxylation is 1. The van der Waals surface area contributed by atoms with Crippen LogP contribution in [0.25, 0.3) is 0 Å². The zero-order chi connectivity index (χ0) is 12.4. The van der Waals surface area contributed by atoms with Gasteiger partial charge >= 0.3 is 0 Å². The summed E-state index contributed by atoms with van der Waals surface area (Å²) >= 11 is 0. The van der Waals surface area contributed by atoms with E-state index in [1.54, 1.807) is 6.07 Å². The van der Waals surface area contributed by atoms with E-state index in [1.165, 1.54) is 6.42 Å². The maximum absolute atomic E-state index is 11.9. The van der Waals surface area contributed by atoms with Crippen LogP contribution >= 0.6 is 0 Å². The molecule has 0 bridgehead atoms. The summed E-state index contributed by atoms with van der Waals surface area (Å²) in [7, 11) is 0. The molecule has 4 nitrogen and oxygen atoms in total. The highest BCUT2D eigenvalue weighted by atomic mass is 16.1. The van der Waals surface area contributed by atoms with Crippen molar-refractivity contribution >= 4 is 11.6 Å². The molecule has 2 unspecified atom stereocenters. The van der Waals surface area contributed by atoms with E-state index < -0.39 is 0 Å². The average molecular weight is 233 g/mol. The van der Waals surface area contributed by atoms with E-state index in [0.29, 0.717) is 5.92 Å². The summed E-state index contributed by atoms with van der Waals surface area (Å²) in [6.45, 7) is 4.91. The Morgan fingerprint density at radius 3 is 2.76 bits per heavy atom. The first-order valence-corrected chi connectivity index (χ1v) is 5.97. The van der Waals surface area contributed by atoms with E-state index in [1.807, 2.05) is 19.1 Å². The molecule has 17 heavy (non-hydrogen) atoms. The van der Waals surface area contributed by atoms with Gasteiger partial charge < -0.3 is 10.7 Å². The van der Waals surface area contributed by atoms with Crippen molar-refractivity contribution in [3.8, 4) is 0 Å². The van der Waals surface area contributed by atoms with Crippen LogP contribution in [0.2, 0.25) is 0 Å². The molecule has 1 amide bonds. The van der Waals surface area contributed by atoms with Gasteiger partial charge in [-0.3, -0.25) is 10.6 Å². The van der Waals surface area contributed by atoms with Gasteiger partial charge in [-0.1, -0.05) is 6.92 Å². The predicted octanol–water partition coefficient (Wildman–Crippen LogP) is 1.67. The van der Waals surface area contributed by atoms with Crippen molar-refractivity contribution in [2.24, 2.45) is 17.7 Å². The van der Waals surface area contributed by atoms with Crippen LogP contribution in [0.3, 0.4) is 0 Å². The van der Waals surface area contributed by atoms with E-state index in [9.17, 15) is 4.79 Å². The Labute approximate surface area is 102 Å².